The third-order valence-corrected chi connectivity index (χ3v) is 3.19. The Morgan fingerprint density at radius 2 is 2.10 bits per heavy atom. The van der Waals surface area contributed by atoms with Gasteiger partial charge < -0.3 is 14.2 Å². The Bertz CT molecular complexity index is 495. The summed E-state index contributed by atoms with van der Waals surface area (Å²) in [6.07, 6.45) is 1.18. The second-order valence-corrected chi connectivity index (χ2v) is 5.37. The van der Waals surface area contributed by atoms with Gasteiger partial charge in [0.15, 0.2) is 5.79 Å². The molecule has 0 radical (unpaired) electrons. The van der Waals surface area contributed by atoms with Gasteiger partial charge in [0.05, 0.1) is 11.6 Å². The van der Waals surface area contributed by atoms with E-state index in [1.165, 1.54) is 5.56 Å². The van der Waals surface area contributed by atoms with Crippen molar-refractivity contribution in [2.45, 2.75) is 39.1 Å². The molecule has 0 amide bonds. The van der Waals surface area contributed by atoms with Crippen molar-refractivity contribution in [3.63, 3.8) is 0 Å². The molecule has 2 rings (SSSR count). The Morgan fingerprint density at radius 3 is 2.57 bits per heavy atom. The molecule has 6 heteroatoms. The number of hydrogen-bond donors (Lipinski definition) is 0. The fraction of sp³-hybridized carbons (Fsp3) is 0.533. The van der Waals surface area contributed by atoms with E-state index in [0.717, 1.165) is 6.42 Å². The van der Waals surface area contributed by atoms with Crippen molar-refractivity contribution in [1.82, 2.24) is 0 Å². The number of rotatable bonds is 4. The minimum Gasteiger partial charge on any atom is -0.489 e. The van der Waals surface area contributed by atoms with Crippen LogP contribution in [0.15, 0.2) is 18.2 Å². The van der Waals surface area contributed by atoms with E-state index in [0.29, 0.717) is 24.0 Å². The first-order chi connectivity index (χ1) is 9.91. The maximum absolute atomic E-state index is 8.12. The van der Waals surface area contributed by atoms with Gasteiger partial charge in [0.2, 0.25) is 0 Å². The van der Waals surface area contributed by atoms with Crippen LogP contribution in [-0.2, 0) is 25.5 Å². The van der Waals surface area contributed by atoms with Crippen molar-refractivity contribution >= 4 is 17.8 Å². The van der Waals surface area contributed by atoms with E-state index in [-0.39, 0.29) is 12.3 Å². The van der Waals surface area contributed by atoms with Crippen LogP contribution >= 0.6 is 11.6 Å². The maximum Gasteiger partial charge on any atom is 0.373 e. The minimum atomic E-state index is -0.510. The zero-order valence-corrected chi connectivity index (χ0v) is 13.1. The van der Waals surface area contributed by atoms with E-state index < -0.39 is 5.79 Å². The lowest BCUT2D eigenvalue weighted by Crippen LogP contribution is -2.25. The maximum atomic E-state index is 8.12. The molecule has 1 aliphatic rings. The van der Waals surface area contributed by atoms with Gasteiger partial charge in [-0.2, -0.15) is 9.59 Å². The fourth-order valence-electron chi connectivity index (χ4n) is 1.91. The Morgan fingerprint density at radius 1 is 1.43 bits per heavy atom. The van der Waals surface area contributed by atoms with Gasteiger partial charge in [0.25, 0.3) is 0 Å². The monoisotopic (exact) mass is 314 g/mol. The van der Waals surface area contributed by atoms with Crippen LogP contribution in [0.1, 0.15) is 26.3 Å². The summed E-state index contributed by atoms with van der Waals surface area (Å²) in [4.78, 5) is 16.2. The SMILES string of the molecule is CCc1ccc(OCC2COC(C)(C)O2)c(Cl)c1.O=C=O. The van der Waals surface area contributed by atoms with Crippen LogP contribution in [0.3, 0.4) is 0 Å². The van der Waals surface area contributed by atoms with Gasteiger partial charge >= 0.3 is 6.15 Å². The molecule has 21 heavy (non-hydrogen) atoms. The van der Waals surface area contributed by atoms with Gasteiger partial charge in [0.1, 0.15) is 18.5 Å². The number of ether oxygens (including phenoxy) is 3. The zero-order valence-electron chi connectivity index (χ0n) is 12.3. The first kappa shape index (κ1) is 17.7. The highest BCUT2D eigenvalue weighted by atomic mass is 35.5. The molecule has 0 saturated carbocycles. The summed E-state index contributed by atoms with van der Waals surface area (Å²) in [5.41, 5.74) is 1.20. The van der Waals surface area contributed by atoms with Crippen LogP contribution in [0.4, 0.5) is 0 Å². The lowest BCUT2D eigenvalue weighted by Gasteiger charge is -2.17. The van der Waals surface area contributed by atoms with Crippen LogP contribution in [0.25, 0.3) is 0 Å². The van der Waals surface area contributed by atoms with Crippen molar-refractivity contribution in [2.24, 2.45) is 0 Å². The van der Waals surface area contributed by atoms with Crippen LogP contribution < -0.4 is 4.74 Å². The number of carbonyl (C=O) groups excluding carboxylic acids is 2. The number of halogens is 1. The van der Waals surface area contributed by atoms with E-state index in [4.69, 9.17) is 35.4 Å². The van der Waals surface area contributed by atoms with Gasteiger partial charge in [-0.15, -0.1) is 0 Å². The third-order valence-electron chi connectivity index (χ3n) is 2.90. The molecular weight excluding hydrogens is 296 g/mol. The average Bonchev–Trinajstić information content (AvgIpc) is 2.78. The van der Waals surface area contributed by atoms with Gasteiger partial charge in [-0.25, -0.2) is 0 Å². The average molecular weight is 315 g/mol. The van der Waals surface area contributed by atoms with Crippen molar-refractivity contribution in [3.05, 3.63) is 28.8 Å². The van der Waals surface area contributed by atoms with E-state index in [1.807, 2.05) is 32.0 Å². The second-order valence-electron chi connectivity index (χ2n) is 4.96. The molecule has 1 aromatic carbocycles. The van der Waals surface area contributed by atoms with Crippen molar-refractivity contribution < 1.29 is 23.8 Å². The molecule has 116 valence electrons. The molecule has 0 bridgehead atoms. The van der Waals surface area contributed by atoms with E-state index in [2.05, 4.69) is 6.92 Å². The number of benzene rings is 1. The molecule has 1 aliphatic heterocycles. The minimum absolute atomic E-state index is 0.0399. The molecule has 1 heterocycles. The summed E-state index contributed by atoms with van der Waals surface area (Å²) in [7, 11) is 0. The van der Waals surface area contributed by atoms with Crippen molar-refractivity contribution in [1.29, 1.82) is 0 Å². The molecule has 0 aliphatic carbocycles. The summed E-state index contributed by atoms with van der Waals surface area (Å²) in [6.45, 7) is 6.90. The van der Waals surface area contributed by atoms with E-state index >= 15 is 0 Å². The molecule has 1 atom stereocenters. The van der Waals surface area contributed by atoms with Crippen molar-refractivity contribution in [3.8, 4) is 5.75 Å². The van der Waals surface area contributed by atoms with Crippen LogP contribution in [-0.4, -0.2) is 31.3 Å². The zero-order chi connectivity index (χ0) is 15.9. The molecule has 0 N–H and O–H groups in total. The highest BCUT2D eigenvalue weighted by Gasteiger charge is 2.33. The predicted molar refractivity (Wildman–Crippen MR) is 76.2 cm³/mol. The smallest absolute Gasteiger partial charge is 0.373 e. The Kier molecular flexibility index (Phi) is 6.85. The van der Waals surface area contributed by atoms with Crippen LogP contribution in [0.5, 0.6) is 5.75 Å². The normalized spacial score (nSPS) is 19.3. The molecular formula is C15H19ClO5. The summed E-state index contributed by atoms with van der Waals surface area (Å²) in [5.74, 6) is 0.186. The summed E-state index contributed by atoms with van der Waals surface area (Å²) in [5, 5.41) is 0.646. The highest BCUT2D eigenvalue weighted by Crippen LogP contribution is 2.27. The fourth-order valence-corrected chi connectivity index (χ4v) is 2.17. The summed E-state index contributed by atoms with van der Waals surface area (Å²) >= 11 is 6.15. The van der Waals surface area contributed by atoms with Crippen LogP contribution in [0, 0.1) is 0 Å². The quantitative estimate of drug-likeness (QED) is 0.855. The molecule has 1 aromatic rings. The highest BCUT2D eigenvalue weighted by molar-refractivity contribution is 6.32. The van der Waals surface area contributed by atoms with Gasteiger partial charge in [-0.05, 0) is 38.0 Å². The number of hydrogen-bond acceptors (Lipinski definition) is 5. The van der Waals surface area contributed by atoms with Gasteiger partial charge in [0, 0.05) is 0 Å². The number of aryl methyl sites for hydroxylation is 1. The van der Waals surface area contributed by atoms with E-state index in [1.54, 1.807) is 0 Å². The Balaban J connectivity index is 0.000000677. The first-order valence-electron chi connectivity index (χ1n) is 6.64. The molecule has 0 spiro atoms. The molecule has 0 aromatic heterocycles. The largest absolute Gasteiger partial charge is 0.489 e. The lowest BCUT2D eigenvalue weighted by atomic mass is 10.2. The molecule has 5 nitrogen and oxygen atoms in total. The lowest BCUT2D eigenvalue weighted by molar-refractivity contribution is -0.191. The summed E-state index contributed by atoms with van der Waals surface area (Å²) in [6, 6.07) is 5.87. The molecule has 1 saturated heterocycles. The first-order valence-corrected chi connectivity index (χ1v) is 7.02. The van der Waals surface area contributed by atoms with Gasteiger partial charge in [-0.3, -0.25) is 0 Å². The third kappa shape index (κ3) is 5.86. The Hall–Kier alpha value is -1.39. The standard InChI is InChI=1S/C14H19ClO3.CO2/c1-4-10-5-6-13(12(15)7-10)16-8-11-9-17-14(2,3)18-11;2-1-3/h5-7,11H,4,8-9H2,1-3H3;. The van der Waals surface area contributed by atoms with Gasteiger partial charge in [-0.1, -0.05) is 24.6 Å². The predicted octanol–water partition coefficient (Wildman–Crippen LogP) is 2.85. The van der Waals surface area contributed by atoms with Crippen molar-refractivity contribution in [2.75, 3.05) is 13.2 Å². The molecule has 1 unspecified atom stereocenters. The topological polar surface area (TPSA) is 61.8 Å². The molecule has 1 fully saturated rings. The van der Waals surface area contributed by atoms with Crippen LogP contribution in [0.2, 0.25) is 5.02 Å². The second kappa shape index (κ2) is 8.15. The van der Waals surface area contributed by atoms with E-state index in [9.17, 15) is 0 Å². The summed E-state index contributed by atoms with van der Waals surface area (Å²) < 4.78 is 16.8. The Labute approximate surface area is 129 Å².